The Balaban J connectivity index is 1.43. The Morgan fingerprint density at radius 2 is 2.00 bits per heavy atom. The van der Waals surface area contributed by atoms with Crippen molar-refractivity contribution in [3.8, 4) is 0 Å². The zero-order valence-electron chi connectivity index (χ0n) is 20.3. The van der Waals surface area contributed by atoms with Gasteiger partial charge in [-0.25, -0.2) is 4.98 Å². The van der Waals surface area contributed by atoms with Gasteiger partial charge in [0.25, 0.3) is 5.91 Å². The van der Waals surface area contributed by atoms with E-state index in [1.165, 1.54) is 16.7 Å². The summed E-state index contributed by atoms with van der Waals surface area (Å²) in [6, 6.07) is 16.8. The Morgan fingerprint density at radius 3 is 2.81 bits per heavy atom. The second kappa shape index (κ2) is 10.6. The summed E-state index contributed by atoms with van der Waals surface area (Å²) in [7, 11) is 0. The third-order valence-corrected chi connectivity index (χ3v) is 7.47. The fraction of sp³-hybridized carbons (Fsp3) is 0.296. The van der Waals surface area contributed by atoms with Crippen molar-refractivity contribution in [1.82, 2.24) is 14.5 Å². The average molecular weight is 502 g/mol. The summed E-state index contributed by atoms with van der Waals surface area (Å²) in [4.78, 5) is 22.3. The molecule has 6 N–H and O–H groups in total. The molecule has 186 valence electrons. The largest absolute Gasteiger partial charge is 0.365 e. The number of fused-ring (bicyclic) bond motifs is 1. The molecule has 2 heterocycles. The highest BCUT2D eigenvalue weighted by Gasteiger charge is 2.23. The van der Waals surface area contributed by atoms with Gasteiger partial charge in [-0.05, 0) is 55.0 Å². The predicted molar refractivity (Wildman–Crippen MR) is 147 cm³/mol. The van der Waals surface area contributed by atoms with Gasteiger partial charge in [-0.3, -0.25) is 4.79 Å². The van der Waals surface area contributed by atoms with Gasteiger partial charge in [0.15, 0.2) is 0 Å². The van der Waals surface area contributed by atoms with Crippen LogP contribution in [-0.4, -0.2) is 38.8 Å². The van der Waals surface area contributed by atoms with E-state index in [1.807, 2.05) is 12.1 Å². The fourth-order valence-electron chi connectivity index (χ4n) is 4.80. The Bertz CT molecular complexity index is 1390. The molecule has 36 heavy (non-hydrogen) atoms. The number of thioether (sulfide) groups is 1. The highest BCUT2D eigenvalue weighted by Crippen LogP contribution is 2.30. The molecule has 0 bridgehead atoms. The molecule has 0 aliphatic heterocycles. The number of anilines is 3. The molecule has 1 aliphatic rings. The molecule has 9 heteroatoms. The van der Waals surface area contributed by atoms with E-state index in [2.05, 4.69) is 74.0 Å². The van der Waals surface area contributed by atoms with Gasteiger partial charge in [0.1, 0.15) is 11.4 Å². The minimum Gasteiger partial charge on any atom is -0.365 e. The number of carbonyl (C=O) groups is 1. The van der Waals surface area contributed by atoms with Crippen molar-refractivity contribution in [2.75, 3.05) is 16.9 Å². The number of benzene rings is 2. The van der Waals surface area contributed by atoms with E-state index in [9.17, 15) is 4.79 Å². The molecule has 1 aliphatic carbocycles. The number of nitrogens with zero attached hydrogens (tertiary/aromatic N) is 3. The normalized spacial score (nSPS) is 17.7. The zero-order chi connectivity index (χ0) is 25.1. The van der Waals surface area contributed by atoms with E-state index < -0.39 is 5.91 Å². The lowest BCUT2D eigenvalue weighted by molar-refractivity contribution is 0.100. The summed E-state index contributed by atoms with van der Waals surface area (Å²) in [5.74, 6) is 0.220. The minimum absolute atomic E-state index is 0.0553. The lowest BCUT2D eigenvalue weighted by Gasteiger charge is -2.29. The van der Waals surface area contributed by atoms with Crippen LogP contribution in [0.3, 0.4) is 0 Å². The van der Waals surface area contributed by atoms with E-state index in [-0.39, 0.29) is 17.6 Å². The zero-order valence-corrected chi connectivity index (χ0v) is 21.1. The number of hydrogen-bond donors (Lipinski definition) is 4. The lowest BCUT2D eigenvalue weighted by atomic mass is 9.91. The van der Waals surface area contributed by atoms with Crippen LogP contribution in [0.15, 0.2) is 65.8 Å². The first-order valence-electron chi connectivity index (χ1n) is 12.2. The number of rotatable bonds is 8. The first-order chi connectivity index (χ1) is 17.5. The van der Waals surface area contributed by atoms with Gasteiger partial charge >= 0.3 is 0 Å². The Morgan fingerprint density at radius 1 is 1.17 bits per heavy atom. The number of amides is 1. The second-order valence-electron chi connectivity index (χ2n) is 9.18. The van der Waals surface area contributed by atoms with E-state index in [4.69, 9.17) is 11.5 Å². The third-order valence-electron chi connectivity index (χ3n) is 6.74. The Hall–Kier alpha value is -3.56. The van der Waals surface area contributed by atoms with Gasteiger partial charge in [0.2, 0.25) is 5.95 Å². The van der Waals surface area contributed by atoms with Crippen molar-refractivity contribution in [2.45, 2.75) is 49.2 Å². The Kier molecular flexibility index (Phi) is 7.11. The molecular formula is C27H31N7OS. The van der Waals surface area contributed by atoms with Gasteiger partial charge in [0.05, 0.1) is 5.52 Å². The van der Waals surface area contributed by atoms with Gasteiger partial charge in [0, 0.05) is 47.0 Å². The van der Waals surface area contributed by atoms with Crippen molar-refractivity contribution in [3.05, 3.63) is 72.1 Å². The number of hydrogen-bond acceptors (Lipinski definition) is 7. The molecule has 4 aromatic rings. The molecule has 1 amide bonds. The molecule has 8 nitrogen and oxygen atoms in total. The van der Waals surface area contributed by atoms with Crippen LogP contribution in [0.4, 0.5) is 17.5 Å². The summed E-state index contributed by atoms with van der Waals surface area (Å²) in [6.45, 7) is 0.761. The standard InChI is InChI=1S/C27H31N7OS/c1-36-18-7-4-6-17(14-18)16-34-13-12-19-22(10-5-11-24(19)34)31-26-20(25(29)35)15-30-27(33-26)32-23-9-3-2-8-21(23)28/h4-7,10-15,21,23H,2-3,8-9,16,28H2,1H3,(H2,29,35)(H2,30,31,32,33). The van der Waals surface area contributed by atoms with E-state index in [1.54, 1.807) is 11.8 Å². The fourth-order valence-corrected chi connectivity index (χ4v) is 5.28. The number of aromatic nitrogens is 3. The topological polar surface area (TPSA) is 124 Å². The number of primary amides is 1. The molecular weight excluding hydrogens is 470 g/mol. The summed E-state index contributed by atoms with van der Waals surface area (Å²) in [5.41, 5.74) is 15.3. The monoisotopic (exact) mass is 501 g/mol. The van der Waals surface area contributed by atoms with Gasteiger partial charge in [-0.2, -0.15) is 4.98 Å². The molecule has 0 radical (unpaired) electrons. The SMILES string of the molecule is CSc1cccc(Cn2ccc3c(Nc4nc(NC5CCCCC5N)ncc4C(N)=O)cccc32)c1. The molecule has 1 fully saturated rings. The summed E-state index contributed by atoms with van der Waals surface area (Å²) >= 11 is 1.74. The first kappa shape index (κ1) is 24.1. The minimum atomic E-state index is -0.586. The van der Waals surface area contributed by atoms with Gasteiger partial charge in [-0.1, -0.05) is 31.0 Å². The van der Waals surface area contributed by atoms with Gasteiger partial charge in [-0.15, -0.1) is 11.8 Å². The molecule has 2 aromatic heterocycles. The maximum atomic E-state index is 12.1. The molecule has 0 spiro atoms. The highest BCUT2D eigenvalue weighted by atomic mass is 32.2. The van der Waals surface area contributed by atoms with E-state index >= 15 is 0 Å². The summed E-state index contributed by atoms with van der Waals surface area (Å²) < 4.78 is 2.21. The van der Waals surface area contributed by atoms with Crippen LogP contribution in [-0.2, 0) is 6.54 Å². The van der Waals surface area contributed by atoms with Crippen LogP contribution >= 0.6 is 11.8 Å². The highest BCUT2D eigenvalue weighted by molar-refractivity contribution is 7.98. The molecule has 2 atom stereocenters. The quantitative estimate of drug-likeness (QED) is 0.257. The molecule has 2 aromatic carbocycles. The number of carbonyl (C=O) groups excluding carboxylic acids is 1. The van der Waals surface area contributed by atoms with Crippen LogP contribution in [0.5, 0.6) is 0 Å². The summed E-state index contributed by atoms with van der Waals surface area (Å²) in [5, 5.41) is 7.72. The first-order valence-corrected chi connectivity index (χ1v) is 13.4. The van der Waals surface area contributed by atoms with Crippen LogP contribution in [0.25, 0.3) is 10.9 Å². The lowest BCUT2D eigenvalue weighted by Crippen LogP contribution is -2.43. The van der Waals surface area contributed by atoms with Gasteiger partial charge < -0.3 is 26.7 Å². The molecule has 1 saturated carbocycles. The van der Waals surface area contributed by atoms with Crippen molar-refractivity contribution in [3.63, 3.8) is 0 Å². The predicted octanol–water partition coefficient (Wildman–Crippen LogP) is 4.73. The van der Waals surface area contributed by atoms with Crippen LogP contribution < -0.4 is 22.1 Å². The maximum Gasteiger partial charge on any atom is 0.254 e. The number of nitrogens with two attached hydrogens (primary N) is 2. The number of nitrogens with one attached hydrogen (secondary N) is 2. The van der Waals surface area contributed by atoms with Crippen molar-refractivity contribution in [2.24, 2.45) is 11.5 Å². The van der Waals surface area contributed by atoms with E-state index in [0.29, 0.717) is 11.8 Å². The molecule has 5 rings (SSSR count). The second-order valence-corrected chi connectivity index (χ2v) is 10.1. The van der Waals surface area contributed by atoms with Crippen LogP contribution in [0.1, 0.15) is 41.6 Å². The summed E-state index contributed by atoms with van der Waals surface area (Å²) in [6.07, 6.45) is 9.84. The van der Waals surface area contributed by atoms with Crippen LogP contribution in [0.2, 0.25) is 0 Å². The smallest absolute Gasteiger partial charge is 0.254 e. The van der Waals surface area contributed by atoms with Crippen LogP contribution in [0, 0.1) is 0 Å². The third kappa shape index (κ3) is 5.17. The van der Waals surface area contributed by atoms with Crippen molar-refractivity contribution >= 4 is 46.0 Å². The van der Waals surface area contributed by atoms with Crippen molar-refractivity contribution in [1.29, 1.82) is 0 Å². The molecule has 0 saturated heterocycles. The van der Waals surface area contributed by atoms with Crippen molar-refractivity contribution < 1.29 is 4.79 Å². The maximum absolute atomic E-state index is 12.1. The van der Waals surface area contributed by atoms with E-state index in [0.717, 1.165) is 48.8 Å². The Labute approximate surface area is 214 Å². The average Bonchev–Trinajstić information content (AvgIpc) is 3.29. The molecule has 2 unspecified atom stereocenters.